The summed E-state index contributed by atoms with van der Waals surface area (Å²) < 4.78 is 1.14. The van der Waals surface area contributed by atoms with Crippen molar-refractivity contribution in [2.24, 2.45) is 0 Å². The molecular weight excluding hydrogens is 286 g/mol. The molecule has 90 valence electrons. The fourth-order valence-electron chi connectivity index (χ4n) is 1.32. The maximum Gasteiger partial charge on any atom is 0.0525 e. The van der Waals surface area contributed by atoms with E-state index < -0.39 is 0 Å². The summed E-state index contributed by atoms with van der Waals surface area (Å²) in [4.78, 5) is 1.19. The molecule has 4 heteroatoms. The minimum Gasteiger partial charge on any atom is -0.396 e. The summed E-state index contributed by atoms with van der Waals surface area (Å²) in [5.41, 5.74) is 1.28. The molecule has 0 amide bonds. The Balaban J connectivity index is 2.53. The zero-order valence-electron chi connectivity index (χ0n) is 9.50. The van der Waals surface area contributed by atoms with E-state index in [2.05, 4.69) is 46.4 Å². The molecule has 0 bridgehead atoms. The highest BCUT2D eigenvalue weighted by molar-refractivity contribution is 9.10. The van der Waals surface area contributed by atoms with Crippen molar-refractivity contribution in [2.45, 2.75) is 24.8 Å². The van der Waals surface area contributed by atoms with Gasteiger partial charge in [-0.1, -0.05) is 28.9 Å². The van der Waals surface area contributed by atoms with E-state index in [1.54, 1.807) is 11.8 Å². The van der Waals surface area contributed by atoms with Gasteiger partial charge in [-0.05, 0) is 30.7 Å². The molecule has 1 rings (SSSR count). The Morgan fingerprint density at radius 1 is 1.44 bits per heavy atom. The maximum atomic E-state index is 8.75. The third-order valence-electron chi connectivity index (χ3n) is 2.13. The van der Waals surface area contributed by atoms with Gasteiger partial charge in [0.15, 0.2) is 0 Å². The Labute approximate surface area is 110 Å². The summed E-state index contributed by atoms with van der Waals surface area (Å²) >= 11 is 5.25. The molecule has 1 aromatic carbocycles. The molecule has 16 heavy (non-hydrogen) atoms. The highest BCUT2D eigenvalue weighted by atomic mass is 79.9. The van der Waals surface area contributed by atoms with Crippen LogP contribution in [0.2, 0.25) is 0 Å². The van der Waals surface area contributed by atoms with Gasteiger partial charge >= 0.3 is 0 Å². The molecule has 2 N–H and O–H groups in total. The van der Waals surface area contributed by atoms with E-state index in [-0.39, 0.29) is 6.61 Å². The van der Waals surface area contributed by atoms with E-state index in [1.807, 2.05) is 0 Å². The predicted octanol–water partition coefficient (Wildman–Crippen LogP) is 3.03. The van der Waals surface area contributed by atoms with Crippen molar-refractivity contribution in [3.05, 3.63) is 28.2 Å². The van der Waals surface area contributed by atoms with E-state index in [4.69, 9.17) is 5.11 Å². The molecule has 0 aliphatic rings. The number of halogens is 1. The van der Waals surface area contributed by atoms with Crippen LogP contribution in [0.5, 0.6) is 0 Å². The molecule has 0 fully saturated rings. The Kier molecular flexibility index (Phi) is 7.12. The molecule has 0 aromatic heterocycles. The molecule has 0 spiro atoms. The Hall–Kier alpha value is -0.0300. The Bertz CT molecular complexity index is 320. The third-order valence-corrected chi connectivity index (χ3v) is 3.84. The lowest BCUT2D eigenvalue weighted by Gasteiger charge is -2.08. The van der Waals surface area contributed by atoms with Crippen LogP contribution in [-0.2, 0) is 6.54 Å². The summed E-state index contributed by atoms with van der Waals surface area (Å²) in [6, 6.07) is 6.35. The van der Waals surface area contributed by atoms with Crippen LogP contribution < -0.4 is 5.32 Å². The van der Waals surface area contributed by atoms with E-state index in [9.17, 15) is 0 Å². The summed E-state index contributed by atoms with van der Waals surface area (Å²) in [7, 11) is 0. The van der Waals surface area contributed by atoms with Crippen molar-refractivity contribution in [1.29, 1.82) is 0 Å². The molecule has 0 aliphatic heterocycles. The first-order chi connectivity index (χ1) is 7.77. The van der Waals surface area contributed by atoms with Crippen LogP contribution in [0.15, 0.2) is 27.6 Å². The molecular formula is C12H18BrNOS. The average Bonchev–Trinajstić information content (AvgIpc) is 2.29. The fourth-order valence-corrected chi connectivity index (χ4v) is 2.69. The van der Waals surface area contributed by atoms with Crippen LogP contribution in [0.4, 0.5) is 0 Å². The lowest BCUT2D eigenvalue weighted by Crippen LogP contribution is -2.14. The highest BCUT2D eigenvalue weighted by Crippen LogP contribution is 2.25. The van der Waals surface area contributed by atoms with Crippen molar-refractivity contribution in [3.63, 3.8) is 0 Å². The van der Waals surface area contributed by atoms with Crippen molar-refractivity contribution in [3.8, 4) is 0 Å². The smallest absolute Gasteiger partial charge is 0.0525 e. The normalized spacial score (nSPS) is 10.7. The van der Waals surface area contributed by atoms with E-state index in [1.165, 1.54) is 10.5 Å². The quantitative estimate of drug-likeness (QED) is 0.600. The van der Waals surface area contributed by atoms with Gasteiger partial charge in [0.05, 0.1) is 6.61 Å². The number of aliphatic hydroxyl groups excluding tert-OH is 1. The van der Waals surface area contributed by atoms with Crippen molar-refractivity contribution in [2.75, 3.05) is 18.9 Å². The van der Waals surface area contributed by atoms with Gasteiger partial charge in [0.1, 0.15) is 0 Å². The second-order valence-electron chi connectivity index (χ2n) is 3.50. The average molecular weight is 304 g/mol. The maximum absolute atomic E-state index is 8.75. The van der Waals surface area contributed by atoms with E-state index in [0.717, 1.165) is 29.7 Å². The largest absolute Gasteiger partial charge is 0.396 e. The van der Waals surface area contributed by atoms with Gasteiger partial charge in [-0.2, -0.15) is 0 Å². The summed E-state index contributed by atoms with van der Waals surface area (Å²) in [5, 5.41) is 12.1. The summed E-state index contributed by atoms with van der Waals surface area (Å²) in [6.45, 7) is 4.34. The summed E-state index contributed by atoms with van der Waals surface area (Å²) in [6.07, 6.45) is 1.15. The number of benzene rings is 1. The number of aliphatic hydroxyl groups is 1. The third kappa shape index (κ3) is 4.87. The van der Waals surface area contributed by atoms with Gasteiger partial charge in [0, 0.05) is 21.7 Å². The SMILES string of the molecule is CCCNCc1ccc(SCCO)cc1Br. The van der Waals surface area contributed by atoms with E-state index in [0.29, 0.717) is 0 Å². The van der Waals surface area contributed by atoms with Crippen molar-refractivity contribution >= 4 is 27.7 Å². The predicted molar refractivity (Wildman–Crippen MR) is 73.9 cm³/mol. The standard InChI is InChI=1S/C12H18BrNOS/c1-2-5-14-9-10-3-4-11(8-12(10)13)16-7-6-15/h3-4,8,14-15H,2,5-7,9H2,1H3. The molecule has 0 atom stereocenters. The molecule has 0 saturated heterocycles. The van der Waals surface area contributed by atoms with Gasteiger partial charge < -0.3 is 10.4 Å². The van der Waals surface area contributed by atoms with Gasteiger partial charge in [-0.3, -0.25) is 0 Å². The summed E-state index contributed by atoms with van der Waals surface area (Å²) in [5.74, 6) is 0.750. The molecule has 2 nitrogen and oxygen atoms in total. The Morgan fingerprint density at radius 3 is 2.88 bits per heavy atom. The first kappa shape index (κ1) is 14.0. The Morgan fingerprint density at radius 2 is 2.25 bits per heavy atom. The monoisotopic (exact) mass is 303 g/mol. The van der Waals surface area contributed by atoms with E-state index >= 15 is 0 Å². The van der Waals surface area contributed by atoms with Crippen LogP contribution in [0, 0.1) is 0 Å². The van der Waals surface area contributed by atoms with Gasteiger partial charge in [-0.15, -0.1) is 11.8 Å². The number of hydrogen-bond acceptors (Lipinski definition) is 3. The second kappa shape index (κ2) is 8.12. The van der Waals surface area contributed by atoms with Crippen LogP contribution in [0.3, 0.4) is 0 Å². The second-order valence-corrected chi connectivity index (χ2v) is 5.52. The minimum atomic E-state index is 0.224. The van der Waals surface area contributed by atoms with Crippen LogP contribution >= 0.6 is 27.7 Å². The number of hydrogen-bond donors (Lipinski definition) is 2. The molecule has 1 aromatic rings. The first-order valence-corrected chi connectivity index (χ1v) is 7.28. The molecule has 0 unspecified atom stereocenters. The zero-order chi connectivity index (χ0) is 11.8. The highest BCUT2D eigenvalue weighted by Gasteiger charge is 2.01. The van der Waals surface area contributed by atoms with Crippen LogP contribution in [0.25, 0.3) is 0 Å². The number of rotatable bonds is 7. The molecule has 0 radical (unpaired) electrons. The molecule has 0 saturated carbocycles. The minimum absolute atomic E-state index is 0.224. The van der Waals surface area contributed by atoms with Crippen molar-refractivity contribution < 1.29 is 5.11 Å². The topological polar surface area (TPSA) is 32.3 Å². The van der Waals surface area contributed by atoms with Crippen LogP contribution in [0.1, 0.15) is 18.9 Å². The van der Waals surface area contributed by atoms with Crippen molar-refractivity contribution in [1.82, 2.24) is 5.32 Å². The molecule has 0 aliphatic carbocycles. The van der Waals surface area contributed by atoms with Gasteiger partial charge in [-0.25, -0.2) is 0 Å². The lowest BCUT2D eigenvalue weighted by atomic mass is 10.2. The zero-order valence-corrected chi connectivity index (χ0v) is 11.9. The number of nitrogens with one attached hydrogen (secondary N) is 1. The number of thioether (sulfide) groups is 1. The van der Waals surface area contributed by atoms with Crippen LogP contribution in [-0.4, -0.2) is 24.0 Å². The van der Waals surface area contributed by atoms with Gasteiger partial charge in [0.2, 0.25) is 0 Å². The van der Waals surface area contributed by atoms with Gasteiger partial charge in [0.25, 0.3) is 0 Å². The first-order valence-electron chi connectivity index (χ1n) is 5.50. The molecule has 0 heterocycles. The fraction of sp³-hybridized carbons (Fsp3) is 0.500. The lowest BCUT2D eigenvalue weighted by molar-refractivity contribution is 0.322.